The summed E-state index contributed by atoms with van der Waals surface area (Å²) in [6.45, 7) is 4.24. The Hall–Kier alpha value is -1.03. The van der Waals surface area contributed by atoms with Crippen molar-refractivity contribution in [3.8, 4) is 0 Å². The fourth-order valence-corrected chi connectivity index (χ4v) is 2.22. The number of carbonyl (C=O) groups excluding carboxylic acids is 1. The van der Waals surface area contributed by atoms with Gasteiger partial charge >= 0.3 is 0 Å². The van der Waals surface area contributed by atoms with E-state index in [0.717, 1.165) is 32.1 Å². The number of hydrogen-bond acceptors (Lipinski definition) is 2. The normalized spacial score (nSPS) is 12.2. The van der Waals surface area contributed by atoms with Crippen molar-refractivity contribution < 1.29 is 9.18 Å². The van der Waals surface area contributed by atoms with Crippen LogP contribution in [0.4, 0.5) is 4.39 Å². The molecule has 0 aliphatic rings. The summed E-state index contributed by atoms with van der Waals surface area (Å²) in [5.74, 6) is -0.555. The smallest absolute Gasteiger partial charge is 0.251 e. The Balaban J connectivity index is 2.66. The van der Waals surface area contributed by atoms with Gasteiger partial charge in [-0.15, -0.1) is 12.6 Å². The number of thiol groups is 1. The van der Waals surface area contributed by atoms with E-state index in [2.05, 4.69) is 31.8 Å². The summed E-state index contributed by atoms with van der Waals surface area (Å²) in [5.41, 5.74) is 0.462. The van der Waals surface area contributed by atoms with Gasteiger partial charge in [0, 0.05) is 16.5 Å². The number of benzene rings is 1. The van der Waals surface area contributed by atoms with E-state index < -0.39 is 5.82 Å². The Labute approximate surface area is 120 Å². The Morgan fingerprint density at radius 2 is 2.05 bits per heavy atom. The fourth-order valence-electron chi connectivity index (χ4n) is 2.01. The van der Waals surface area contributed by atoms with Crippen LogP contribution < -0.4 is 5.32 Å². The van der Waals surface area contributed by atoms with Crippen LogP contribution in [0.2, 0.25) is 0 Å². The van der Waals surface area contributed by atoms with E-state index >= 15 is 0 Å². The molecule has 19 heavy (non-hydrogen) atoms. The Morgan fingerprint density at radius 1 is 1.32 bits per heavy atom. The minimum atomic E-state index is -0.407. The van der Waals surface area contributed by atoms with Crippen LogP contribution in [0.1, 0.15) is 56.3 Å². The van der Waals surface area contributed by atoms with Crippen molar-refractivity contribution in [3.05, 3.63) is 29.6 Å². The zero-order chi connectivity index (χ0) is 14.3. The maximum Gasteiger partial charge on any atom is 0.251 e. The minimum Gasteiger partial charge on any atom is -0.349 e. The van der Waals surface area contributed by atoms with Gasteiger partial charge in [0.2, 0.25) is 0 Å². The van der Waals surface area contributed by atoms with Gasteiger partial charge in [-0.2, -0.15) is 0 Å². The van der Waals surface area contributed by atoms with Gasteiger partial charge in [-0.1, -0.05) is 33.1 Å². The van der Waals surface area contributed by atoms with Gasteiger partial charge in [0.25, 0.3) is 5.91 Å². The standard InChI is InChI=1S/C15H22FNOS/c1-3-5-7-12(6-4-2)17-15(18)11-8-9-13(16)14(19)10-11/h8-10,12,19H,3-7H2,1-2H3,(H,17,18). The van der Waals surface area contributed by atoms with E-state index in [1.807, 2.05) is 0 Å². The molecule has 0 spiro atoms. The number of rotatable bonds is 7. The van der Waals surface area contributed by atoms with Gasteiger partial charge in [-0.25, -0.2) is 4.39 Å². The van der Waals surface area contributed by atoms with Gasteiger partial charge < -0.3 is 5.32 Å². The molecule has 0 saturated carbocycles. The molecule has 1 aromatic rings. The van der Waals surface area contributed by atoms with Crippen LogP contribution in [-0.2, 0) is 0 Å². The van der Waals surface area contributed by atoms with Gasteiger partial charge in [-0.3, -0.25) is 4.79 Å². The van der Waals surface area contributed by atoms with Gasteiger partial charge in [0.15, 0.2) is 0 Å². The predicted molar refractivity (Wildman–Crippen MR) is 79.3 cm³/mol. The monoisotopic (exact) mass is 283 g/mol. The van der Waals surface area contributed by atoms with Crippen molar-refractivity contribution in [3.63, 3.8) is 0 Å². The topological polar surface area (TPSA) is 29.1 Å². The molecular weight excluding hydrogens is 261 g/mol. The summed E-state index contributed by atoms with van der Waals surface area (Å²) >= 11 is 4.00. The molecule has 0 heterocycles. The molecule has 0 aliphatic carbocycles. The van der Waals surface area contributed by atoms with E-state index in [1.165, 1.54) is 18.2 Å². The molecule has 0 bridgehead atoms. The van der Waals surface area contributed by atoms with E-state index in [4.69, 9.17) is 0 Å². The lowest BCUT2D eigenvalue weighted by atomic mass is 10.0. The third-order valence-electron chi connectivity index (χ3n) is 3.09. The van der Waals surface area contributed by atoms with Crippen LogP contribution in [0.5, 0.6) is 0 Å². The van der Waals surface area contributed by atoms with Crippen molar-refractivity contribution in [2.45, 2.75) is 56.9 Å². The van der Waals surface area contributed by atoms with Crippen molar-refractivity contribution in [2.24, 2.45) is 0 Å². The quantitative estimate of drug-likeness (QED) is 0.721. The molecule has 0 saturated heterocycles. The fraction of sp³-hybridized carbons (Fsp3) is 0.533. The summed E-state index contributed by atoms with van der Waals surface area (Å²) in [7, 11) is 0. The third kappa shape index (κ3) is 5.23. The first-order valence-electron chi connectivity index (χ1n) is 6.87. The zero-order valence-corrected chi connectivity index (χ0v) is 12.5. The zero-order valence-electron chi connectivity index (χ0n) is 11.6. The molecular formula is C15H22FNOS. The van der Waals surface area contributed by atoms with E-state index in [-0.39, 0.29) is 16.8 Å². The first-order chi connectivity index (χ1) is 9.08. The molecule has 0 fully saturated rings. The van der Waals surface area contributed by atoms with Gasteiger partial charge in [0.05, 0.1) is 0 Å². The lowest BCUT2D eigenvalue weighted by Gasteiger charge is -2.18. The van der Waals surface area contributed by atoms with Crippen molar-refractivity contribution in [2.75, 3.05) is 0 Å². The average molecular weight is 283 g/mol. The van der Waals surface area contributed by atoms with Crippen molar-refractivity contribution in [1.82, 2.24) is 5.32 Å². The number of unbranched alkanes of at least 4 members (excludes halogenated alkanes) is 1. The highest BCUT2D eigenvalue weighted by Crippen LogP contribution is 2.15. The molecule has 1 atom stereocenters. The SMILES string of the molecule is CCCCC(CCC)NC(=O)c1ccc(F)c(S)c1. The highest BCUT2D eigenvalue weighted by molar-refractivity contribution is 7.80. The Bertz CT molecular complexity index is 423. The molecule has 1 N–H and O–H groups in total. The summed E-state index contributed by atoms with van der Waals surface area (Å²) in [6.07, 6.45) is 5.22. The second-order valence-corrected chi connectivity index (χ2v) is 5.25. The molecule has 1 aromatic carbocycles. The third-order valence-corrected chi connectivity index (χ3v) is 3.43. The molecule has 0 radical (unpaired) electrons. The largest absolute Gasteiger partial charge is 0.349 e. The molecule has 1 rings (SSSR count). The summed E-state index contributed by atoms with van der Waals surface area (Å²) in [6, 6.07) is 4.44. The van der Waals surface area contributed by atoms with Gasteiger partial charge in [-0.05, 0) is 31.0 Å². The van der Waals surface area contributed by atoms with Crippen molar-refractivity contribution >= 4 is 18.5 Å². The minimum absolute atomic E-state index is 0.148. The second kappa shape index (κ2) is 8.20. The summed E-state index contributed by atoms with van der Waals surface area (Å²) < 4.78 is 13.1. The maximum absolute atomic E-state index is 13.1. The van der Waals surface area contributed by atoms with Crippen LogP contribution >= 0.6 is 12.6 Å². The van der Waals surface area contributed by atoms with Crippen LogP contribution in [-0.4, -0.2) is 11.9 Å². The van der Waals surface area contributed by atoms with E-state index in [1.54, 1.807) is 0 Å². The highest BCUT2D eigenvalue weighted by Gasteiger charge is 2.13. The first-order valence-corrected chi connectivity index (χ1v) is 7.32. The summed E-state index contributed by atoms with van der Waals surface area (Å²) in [5, 5.41) is 3.02. The number of nitrogens with one attached hydrogen (secondary N) is 1. The molecule has 1 unspecified atom stereocenters. The van der Waals surface area contributed by atoms with Crippen molar-refractivity contribution in [1.29, 1.82) is 0 Å². The molecule has 1 amide bonds. The van der Waals surface area contributed by atoms with Crippen LogP contribution in [0.3, 0.4) is 0 Å². The lowest BCUT2D eigenvalue weighted by molar-refractivity contribution is 0.0932. The average Bonchev–Trinajstić information content (AvgIpc) is 2.39. The number of halogens is 1. The van der Waals surface area contributed by atoms with E-state index in [0.29, 0.717) is 5.56 Å². The van der Waals surface area contributed by atoms with Crippen LogP contribution in [0, 0.1) is 5.82 Å². The molecule has 4 heteroatoms. The number of carbonyl (C=O) groups is 1. The second-order valence-electron chi connectivity index (χ2n) is 4.77. The first kappa shape index (κ1) is 16.0. The number of hydrogen-bond donors (Lipinski definition) is 2. The lowest BCUT2D eigenvalue weighted by Crippen LogP contribution is -2.34. The molecule has 2 nitrogen and oxygen atoms in total. The highest BCUT2D eigenvalue weighted by atomic mass is 32.1. The predicted octanol–water partition coefficient (Wildman–Crippen LogP) is 4.20. The van der Waals surface area contributed by atoms with Crippen LogP contribution in [0.15, 0.2) is 23.1 Å². The Morgan fingerprint density at radius 3 is 2.63 bits per heavy atom. The maximum atomic E-state index is 13.1. The summed E-state index contributed by atoms with van der Waals surface area (Å²) in [4.78, 5) is 12.3. The van der Waals surface area contributed by atoms with Gasteiger partial charge in [0.1, 0.15) is 5.82 Å². The van der Waals surface area contributed by atoms with E-state index in [9.17, 15) is 9.18 Å². The molecule has 0 aliphatic heterocycles. The molecule has 106 valence electrons. The molecule has 0 aromatic heterocycles. The Kier molecular flexibility index (Phi) is 6.92. The number of amides is 1. The van der Waals surface area contributed by atoms with Crippen LogP contribution in [0.25, 0.3) is 0 Å².